The van der Waals surface area contributed by atoms with Crippen LogP contribution in [0.1, 0.15) is 0 Å². The summed E-state index contributed by atoms with van der Waals surface area (Å²) in [6.07, 6.45) is 0. The third kappa shape index (κ3) is 8.09. The van der Waals surface area contributed by atoms with Crippen LogP contribution in [-0.2, 0) is 0 Å². The van der Waals surface area contributed by atoms with Gasteiger partial charge in [-0.15, -0.1) is 0 Å². The van der Waals surface area contributed by atoms with Crippen LogP contribution in [-0.4, -0.2) is 5.11 Å². The van der Waals surface area contributed by atoms with Gasteiger partial charge in [-0.25, -0.2) is 0 Å². The fourth-order valence-electron chi connectivity index (χ4n) is 3.83. The van der Waals surface area contributed by atoms with Gasteiger partial charge in [0.05, 0.1) is 0 Å². The van der Waals surface area contributed by atoms with E-state index in [-0.39, 0.29) is 0 Å². The molecule has 1 nitrogen and oxygen atoms in total. The number of fused-ring (bicyclic) bond motifs is 3. The van der Waals surface area contributed by atoms with Gasteiger partial charge < -0.3 is 5.11 Å². The summed E-state index contributed by atoms with van der Waals surface area (Å²) in [5, 5.41) is 16.5. The molecule has 1 N–H and O–H groups in total. The summed E-state index contributed by atoms with van der Waals surface area (Å²) >= 11 is 0. The zero-order chi connectivity index (χ0) is 25.5. The Kier molecular flexibility index (Phi) is 9.45. The lowest BCUT2D eigenvalue weighted by Crippen LogP contribution is -1.74. The van der Waals surface area contributed by atoms with E-state index in [0.29, 0.717) is 5.75 Å². The third-order valence-electron chi connectivity index (χ3n) is 5.70. The van der Waals surface area contributed by atoms with Gasteiger partial charge in [0.2, 0.25) is 0 Å². The molecule has 7 rings (SSSR count). The second kappa shape index (κ2) is 13.9. The third-order valence-corrected chi connectivity index (χ3v) is 5.70. The van der Waals surface area contributed by atoms with E-state index in [2.05, 4.69) is 109 Å². The lowest BCUT2D eigenvalue weighted by atomic mass is 10.0. The van der Waals surface area contributed by atoms with Crippen molar-refractivity contribution in [2.24, 2.45) is 0 Å². The molecule has 0 radical (unpaired) electrons. The Labute approximate surface area is 218 Å². The van der Waals surface area contributed by atoms with Crippen LogP contribution in [0.2, 0.25) is 0 Å². The van der Waals surface area contributed by atoms with Crippen molar-refractivity contribution in [1.82, 2.24) is 0 Å². The van der Waals surface area contributed by atoms with E-state index in [4.69, 9.17) is 5.11 Å². The average molecular weight is 479 g/mol. The molecule has 7 aromatic carbocycles. The van der Waals surface area contributed by atoms with Crippen LogP contribution in [0.4, 0.5) is 0 Å². The van der Waals surface area contributed by atoms with Crippen LogP contribution < -0.4 is 0 Å². The topological polar surface area (TPSA) is 20.2 Å². The molecule has 37 heavy (non-hydrogen) atoms. The standard InChI is InChI=1S/C14H10.C10H8.C6H6O.C6H6/c1-2-6-12-10-14-8-4-3-7-13(14)9-11(12)5-1;1-2-6-10-8-4-3-7-9(10)5-1;7-6-4-2-1-3-5-6;1-2-4-6-5-3-1/h1-10H;1-8H;1-5,7H;1-6H. The predicted octanol–water partition coefficient (Wildman–Crippen LogP) is 9.91. The maximum atomic E-state index is 8.63. The molecular weight excluding hydrogens is 448 g/mol. The molecule has 0 aromatic heterocycles. The van der Waals surface area contributed by atoms with Crippen molar-refractivity contribution in [1.29, 1.82) is 0 Å². The molecule has 0 saturated carbocycles. The largest absolute Gasteiger partial charge is 0.508 e. The Morgan fingerprint density at radius 1 is 0.243 bits per heavy atom. The monoisotopic (exact) mass is 478 g/mol. The van der Waals surface area contributed by atoms with Crippen molar-refractivity contribution >= 4 is 32.3 Å². The van der Waals surface area contributed by atoms with Gasteiger partial charge in [0.15, 0.2) is 0 Å². The summed E-state index contributed by atoms with van der Waals surface area (Å²) in [4.78, 5) is 0. The molecule has 1 heteroatoms. The molecule has 0 spiro atoms. The van der Waals surface area contributed by atoms with E-state index in [9.17, 15) is 0 Å². The second-order valence-electron chi connectivity index (χ2n) is 8.38. The zero-order valence-electron chi connectivity index (χ0n) is 20.7. The Morgan fingerprint density at radius 2 is 0.459 bits per heavy atom. The minimum absolute atomic E-state index is 0.322. The maximum absolute atomic E-state index is 8.63. The van der Waals surface area contributed by atoms with Crippen LogP contribution in [0.25, 0.3) is 32.3 Å². The molecule has 0 fully saturated rings. The molecule has 0 amide bonds. The highest BCUT2D eigenvalue weighted by Gasteiger charge is 1.95. The van der Waals surface area contributed by atoms with E-state index in [1.165, 1.54) is 32.3 Å². The van der Waals surface area contributed by atoms with Crippen LogP contribution in [0.3, 0.4) is 0 Å². The first-order valence-electron chi connectivity index (χ1n) is 12.3. The first kappa shape index (κ1) is 25.2. The molecule has 0 aliphatic heterocycles. The number of para-hydroxylation sites is 1. The van der Waals surface area contributed by atoms with Gasteiger partial charge in [-0.3, -0.25) is 0 Å². The van der Waals surface area contributed by atoms with Gasteiger partial charge in [-0.2, -0.15) is 0 Å². The van der Waals surface area contributed by atoms with E-state index >= 15 is 0 Å². The van der Waals surface area contributed by atoms with E-state index in [1.54, 1.807) is 24.3 Å². The van der Waals surface area contributed by atoms with E-state index < -0.39 is 0 Å². The van der Waals surface area contributed by atoms with E-state index in [0.717, 1.165) is 0 Å². The minimum atomic E-state index is 0.322. The number of hydrogen-bond acceptors (Lipinski definition) is 1. The lowest BCUT2D eigenvalue weighted by Gasteiger charge is -2.00. The summed E-state index contributed by atoms with van der Waals surface area (Å²) in [5.41, 5.74) is 0. The molecule has 0 atom stereocenters. The van der Waals surface area contributed by atoms with Crippen molar-refractivity contribution in [3.8, 4) is 5.75 Å². The summed E-state index contributed by atoms with van der Waals surface area (Å²) < 4.78 is 0. The molecular formula is C36H30O. The highest BCUT2D eigenvalue weighted by Crippen LogP contribution is 2.22. The van der Waals surface area contributed by atoms with Gasteiger partial charge in [0, 0.05) is 0 Å². The highest BCUT2D eigenvalue weighted by atomic mass is 16.3. The molecule has 0 saturated heterocycles. The first-order valence-corrected chi connectivity index (χ1v) is 12.3. The molecule has 0 aliphatic rings. The zero-order valence-corrected chi connectivity index (χ0v) is 20.7. The van der Waals surface area contributed by atoms with Gasteiger partial charge in [0.1, 0.15) is 5.75 Å². The minimum Gasteiger partial charge on any atom is -0.508 e. The summed E-state index contributed by atoms with van der Waals surface area (Å²) in [6.45, 7) is 0. The van der Waals surface area contributed by atoms with Crippen molar-refractivity contribution < 1.29 is 5.11 Å². The number of phenols is 1. The highest BCUT2D eigenvalue weighted by molar-refractivity contribution is 5.98. The average Bonchev–Trinajstić information content (AvgIpc) is 2.98. The number of hydrogen-bond donors (Lipinski definition) is 1. The Hall–Kier alpha value is -4.88. The summed E-state index contributed by atoms with van der Waals surface area (Å²) in [5.74, 6) is 0.322. The normalized spacial score (nSPS) is 9.73. The van der Waals surface area contributed by atoms with Gasteiger partial charge in [0.25, 0.3) is 0 Å². The summed E-state index contributed by atoms with van der Waals surface area (Å²) in [6, 6.07) is 58.8. The van der Waals surface area contributed by atoms with Crippen LogP contribution >= 0.6 is 0 Å². The molecule has 0 aliphatic carbocycles. The molecule has 180 valence electrons. The van der Waals surface area contributed by atoms with Crippen molar-refractivity contribution in [3.63, 3.8) is 0 Å². The molecule has 0 bridgehead atoms. The smallest absolute Gasteiger partial charge is 0.115 e. The first-order chi connectivity index (χ1) is 18.3. The van der Waals surface area contributed by atoms with Gasteiger partial charge in [-0.1, -0.05) is 152 Å². The Bertz CT molecular complexity index is 1430. The number of phenolic OH excluding ortho intramolecular Hbond substituents is 1. The summed E-state index contributed by atoms with van der Waals surface area (Å²) in [7, 11) is 0. The van der Waals surface area contributed by atoms with Crippen molar-refractivity contribution in [2.45, 2.75) is 0 Å². The van der Waals surface area contributed by atoms with Crippen LogP contribution in [0.5, 0.6) is 5.75 Å². The molecule has 7 aromatic rings. The van der Waals surface area contributed by atoms with Crippen LogP contribution in [0.15, 0.2) is 176 Å². The fourth-order valence-corrected chi connectivity index (χ4v) is 3.83. The van der Waals surface area contributed by atoms with Crippen molar-refractivity contribution in [2.75, 3.05) is 0 Å². The quantitative estimate of drug-likeness (QED) is 0.215. The van der Waals surface area contributed by atoms with E-state index in [1.807, 2.05) is 42.5 Å². The Morgan fingerprint density at radius 3 is 0.703 bits per heavy atom. The number of aromatic hydroxyl groups is 1. The van der Waals surface area contributed by atoms with Gasteiger partial charge >= 0.3 is 0 Å². The SMILES string of the molecule is Oc1ccccc1.c1ccc2cc3ccccc3cc2c1.c1ccc2ccccc2c1.c1ccccc1. The maximum Gasteiger partial charge on any atom is 0.115 e. The molecule has 0 heterocycles. The number of rotatable bonds is 0. The van der Waals surface area contributed by atoms with Crippen molar-refractivity contribution in [3.05, 3.63) is 176 Å². The molecule has 0 unspecified atom stereocenters. The second-order valence-corrected chi connectivity index (χ2v) is 8.38. The Balaban J connectivity index is 0.000000122. The fraction of sp³-hybridized carbons (Fsp3) is 0. The number of benzene rings is 7. The van der Waals surface area contributed by atoms with Gasteiger partial charge in [-0.05, 0) is 56.6 Å². The predicted molar refractivity (Wildman–Crippen MR) is 160 cm³/mol. The van der Waals surface area contributed by atoms with Crippen LogP contribution in [0, 0.1) is 0 Å². The lowest BCUT2D eigenvalue weighted by molar-refractivity contribution is 0.475.